The van der Waals surface area contributed by atoms with Crippen molar-refractivity contribution in [2.45, 2.75) is 25.9 Å². The Hall–Kier alpha value is 0.0500. The number of rotatable bonds is 3. The summed E-state index contributed by atoms with van der Waals surface area (Å²) in [6.45, 7) is 4.21. The molecule has 17 heavy (non-hydrogen) atoms. The van der Waals surface area contributed by atoms with E-state index in [0.29, 0.717) is 22.9 Å². The fourth-order valence-corrected chi connectivity index (χ4v) is 3.37. The van der Waals surface area contributed by atoms with Crippen molar-refractivity contribution in [3.05, 3.63) is 33.8 Å². The molecule has 1 aromatic rings. The van der Waals surface area contributed by atoms with E-state index in [1.54, 1.807) is 6.07 Å². The largest absolute Gasteiger partial charge is 0.295 e. The van der Waals surface area contributed by atoms with E-state index in [-0.39, 0.29) is 0 Å². The highest BCUT2D eigenvalue weighted by Gasteiger charge is 2.30. The maximum Gasteiger partial charge on any atom is 0.0465 e. The number of hydrogen-bond donors (Lipinski definition) is 0. The van der Waals surface area contributed by atoms with Gasteiger partial charge in [-0.3, -0.25) is 4.90 Å². The first-order chi connectivity index (χ1) is 8.11. The van der Waals surface area contributed by atoms with E-state index in [4.69, 9.17) is 34.8 Å². The number of halogens is 3. The Bertz CT molecular complexity index is 394. The second-order valence-electron chi connectivity index (χ2n) is 4.69. The molecule has 1 nitrogen and oxygen atoms in total. The van der Waals surface area contributed by atoms with Gasteiger partial charge in [0.15, 0.2) is 0 Å². The number of nitrogens with zero attached hydrogens (tertiary/aromatic N) is 1. The number of likely N-dealkylation sites (tertiary alicyclic amines) is 1. The molecule has 0 bridgehead atoms. The molecule has 4 heteroatoms. The Kier molecular flexibility index (Phi) is 4.59. The normalized spacial score (nSPS) is 25.4. The van der Waals surface area contributed by atoms with Crippen LogP contribution in [-0.4, -0.2) is 23.4 Å². The molecule has 0 spiro atoms. The van der Waals surface area contributed by atoms with Crippen LogP contribution in [0.15, 0.2) is 18.2 Å². The van der Waals surface area contributed by atoms with Gasteiger partial charge in [-0.25, -0.2) is 0 Å². The highest BCUT2D eigenvalue weighted by atomic mass is 35.5. The SMILES string of the molecule is CC1CCN(Cc2ccc(Cl)cc2Cl)C1CCl. The topological polar surface area (TPSA) is 3.24 Å². The highest BCUT2D eigenvalue weighted by Crippen LogP contribution is 2.29. The summed E-state index contributed by atoms with van der Waals surface area (Å²) in [6, 6.07) is 6.15. The molecule has 0 amide bonds. The zero-order valence-corrected chi connectivity index (χ0v) is 12.1. The van der Waals surface area contributed by atoms with Crippen LogP contribution in [0, 0.1) is 5.92 Å². The first-order valence-corrected chi connectivity index (χ1v) is 7.15. The predicted octanol–water partition coefficient (Wildman–Crippen LogP) is 4.44. The summed E-state index contributed by atoms with van der Waals surface area (Å²) in [5, 5.41) is 1.42. The van der Waals surface area contributed by atoms with Crippen LogP contribution in [0.25, 0.3) is 0 Å². The van der Waals surface area contributed by atoms with Gasteiger partial charge in [-0.2, -0.15) is 0 Å². The molecular formula is C13H16Cl3N. The van der Waals surface area contributed by atoms with Crippen molar-refractivity contribution in [2.24, 2.45) is 5.92 Å². The van der Waals surface area contributed by atoms with E-state index in [0.717, 1.165) is 23.7 Å². The zero-order chi connectivity index (χ0) is 12.4. The molecule has 0 radical (unpaired) electrons. The predicted molar refractivity (Wildman–Crippen MR) is 75.2 cm³/mol. The van der Waals surface area contributed by atoms with Crippen molar-refractivity contribution in [3.8, 4) is 0 Å². The molecule has 1 aliphatic rings. The lowest BCUT2D eigenvalue weighted by molar-refractivity contribution is 0.242. The molecule has 0 N–H and O–H groups in total. The molecule has 1 heterocycles. The van der Waals surface area contributed by atoms with Crippen LogP contribution in [0.3, 0.4) is 0 Å². The van der Waals surface area contributed by atoms with Crippen LogP contribution in [0.4, 0.5) is 0 Å². The van der Waals surface area contributed by atoms with Gasteiger partial charge >= 0.3 is 0 Å². The Labute approximate surface area is 118 Å². The van der Waals surface area contributed by atoms with Gasteiger partial charge in [-0.05, 0) is 36.6 Å². The quantitative estimate of drug-likeness (QED) is 0.744. The van der Waals surface area contributed by atoms with Crippen LogP contribution in [0.5, 0.6) is 0 Å². The summed E-state index contributed by atoms with van der Waals surface area (Å²) in [7, 11) is 0. The van der Waals surface area contributed by atoms with Gasteiger partial charge in [0.2, 0.25) is 0 Å². The average molecular weight is 293 g/mol. The summed E-state index contributed by atoms with van der Waals surface area (Å²) in [4.78, 5) is 2.41. The monoisotopic (exact) mass is 291 g/mol. The third-order valence-corrected chi connectivity index (χ3v) is 4.45. The second kappa shape index (κ2) is 5.79. The molecule has 1 aromatic carbocycles. The van der Waals surface area contributed by atoms with Gasteiger partial charge in [0.25, 0.3) is 0 Å². The van der Waals surface area contributed by atoms with Crippen molar-refractivity contribution in [3.63, 3.8) is 0 Å². The van der Waals surface area contributed by atoms with E-state index in [1.807, 2.05) is 12.1 Å². The minimum Gasteiger partial charge on any atom is -0.295 e. The minimum atomic E-state index is 0.461. The standard InChI is InChI=1S/C13H16Cl3N/c1-9-4-5-17(13(9)7-14)8-10-2-3-11(15)6-12(10)16/h2-3,6,9,13H,4-5,7-8H2,1H3. The molecule has 94 valence electrons. The molecular weight excluding hydrogens is 277 g/mol. The minimum absolute atomic E-state index is 0.461. The Morgan fingerprint density at radius 2 is 2.12 bits per heavy atom. The third-order valence-electron chi connectivity index (χ3n) is 3.54. The number of alkyl halides is 1. The van der Waals surface area contributed by atoms with E-state index in [2.05, 4.69) is 11.8 Å². The average Bonchev–Trinajstić information content (AvgIpc) is 2.63. The number of hydrogen-bond acceptors (Lipinski definition) is 1. The van der Waals surface area contributed by atoms with Gasteiger partial charge < -0.3 is 0 Å². The summed E-state index contributed by atoms with van der Waals surface area (Å²) in [6.07, 6.45) is 1.21. The maximum absolute atomic E-state index is 6.19. The van der Waals surface area contributed by atoms with Gasteiger partial charge in [0.1, 0.15) is 0 Å². The van der Waals surface area contributed by atoms with Gasteiger partial charge in [-0.1, -0.05) is 36.2 Å². The van der Waals surface area contributed by atoms with Crippen molar-refractivity contribution in [1.82, 2.24) is 4.90 Å². The smallest absolute Gasteiger partial charge is 0.0465 e. The fourth-order valence-electron chi connectivity index (χ4n) is 2.40. The van der Waals surface area contributed by atoms with Crippen molar-refractivity contribution in [2.75, 3.05) is 12.4 Å². The summed E-state index contributed by atoms with van der Waals surface area (Å²) >= 11 is 18.1. The second-order valence-corrected chi connectivity index (χ2v) is 5.85. The van der Waals surface area contributed by atoms with Crippen LogP contribution in [-0.2, 0) is 6.54 Å². The van der Waals surface area contributed by atoms with Crippen molar-refractivity contribution in [1.29, 1.82) is 0 Å². The zero-order valence-electron chi connectivity index (χ0n) is 9.80. The molecule has 0 aliphatic carbocycles. The van der Waals surface area contributed by atoms with Crippen LogP contribution in [0.1, 0.15) is 18.9 Å². The van der Waals surface area contributed by atoms with Crippen molar-refractivity contribution < 1.29 is 0 Å². The van der Waals surface area contributed by atoms with Gasteiger partial charge in [-0.15, -0.1) is 11.6 Å². The van der Waals surface area contributed by atoms with E-state index >= 15 is 0 Å². The Morgan fingerprint density at radius 1 is 1.35 bits per heavy atom. The lowest BCUT2D eigenvalue weighted by Gasteiger charge is -2.25. The molecule has 2 unspecified atom stereocenters. The maximum atomic E-state index is 6.19. The molecule has 1 fully saturated rings. The first kappa shape index (κ1) is 13.5. The Morgan fingerprint density at radius 3 is 2.76 bits per heavy atom. The molecule has 0 saturated carbocycles. The van der Waals surface area contributed by atoms with Crippen LogP contribution < -0.4 is 0 Å². The summed E-state index contributed by atoms with van der Waals surface area (Å²) in [5.74, 6) is 1.35. The van der Waals surface area contributed by atoms with Gasteiger partial charge in [0, 0.05) is 28.5 Å². The lowest BCUT2D eigenvalue weighted by atomic mass is 10.0. The van der Waals surface area contributed by atoms with Crippen LogP contribution in [0.2, 0.25) is 10.0 Å². The molecule has 2 rings (SSSR count). The molecule has 1 saturated heterocycles. The number of benzene rings is 1. The van der Waals surface area contributed by atoms with Crippen molar-refractivity contribution >= 4 is 34.8 Å². The van der Waals surface area contributed by atoms with Crippen LogP contribution >= 0.6 is 34.8 Å². The molecule has 0 aromatic heterocycles. The summed E-state index contributed by atoms with van der Waals surface area (Å²) in [5.41, 5.74) is 1.13. The molecule has 2 atom stereocenters. The molecule has 1 aliphatic heterocycles. The van der Waals surface area contributed by atoms with E-state index in [1.165, 1.54) is 6.42 Å². The first-order valence-electron chi connectivity index (χ1n) is 5.85. The highest BCUT2D eigenvalue weighted by molar-refractivity contribution is 6.35. The van der Waals surface area contributed by atoms with Gasteiger partial charge in [0.05, 0.1) is 0 Å². The van der Waals surface area contributed by atoms with E-state index in [9.17, 15) is 0 Å². The lowest BCUT2D eigenvalue weighted by Crippen LogP contribution is -2.33. The van der Waals surface area contributed by atoms with E-state index < -0.39 is 0 Å². The Balaban J connectivity index is 2.10. The fraction of sp³-hybridized carbons (Fsp3) is 0.538. The summed E-state index contributed by atoms with van der Waals surface area (Å²) < 4.78 is 0. The third kappa shape index (κ3) is 3.08.